The molecule has 0 aromatic carbocycles. The first kappa shape index (κ1) is 27.9. The van der Waals surface area contributed by atoms with E-state index >= 15 is 0 Å². The molecule has 12 nitrogen and oxygen atoms in total. The van der Waals surface area contributed by atoms with Crippen LogP contribution < -0.4 is 10.2 Å². The van der Waals surface area contributed by atoms with Crippen molar-refractivity contribution in [3.05, 3.63) is 60.4 Å². The van der Waals surface area contributed by atoms with Crippen molar-refractivity contribution in [1.29, 1.82) is 0 Å². The summed E-state index contributed by atoms with van der Waals surface area (Å²) in [6, 6.07) is 3.77. The van der Waals surface area contributed by atoms with Crippen molar-refractivity contribution in [2.75, 3.05) is 43.9 Å². The van der Waals surface area contributed by atoms with Crippen molar-refractivity contribution in [3.8, 4) is 23.2 Å². The van der Waals surface area contributed by atoms with Crippen molar-refractivity contribution in [1.82, 2.24) is 38.8 Å². The highest BCUT2D eigenvalue weighted by Crippen LogP contribution is 2.31. The Morgan fingerprint density at radius 2 is 1.90 bits per heavy atom. The molecule has 0 bridgehead atoms. The third-order valence-corrected chi connectivity index (χ3v) is 9.38. The number of aryl methyl sites for hydroxylation is 1. The highest BCUT2D eigenvalue weighted by molar-refractivity contribution is 7.90. The molecule has 1 saturated carbocycles. The maximum Gasteiger partial charge on any atom is 0.256 e. The number of hydrogen-bond acceptors (Lipinski definition) is 10. The molecular formula is C29H34N10O2S. The van der Waals surface area contributed by atoms with Crippen molar-refractivity contribution in [2.45, 2.75) is 30.9 Å². The molecule has 2 aliphatic rings. The molecule has 1 aliphatic carbocycles. The summed E-state index contributed by atoms with van der Waals surface area (Å²) in [7, 11) is 2.64. The van der Waals surface area contributed by atoms with Crippen LogP contribution in [0.1, 0.15) is 36.8 Å². The van der Waals surface area contributed by atoms with Crippen LogP contribution in [0.3, 0.4) is 0 Å². The minimum Gasteiger partial charge on any atom is -0.370 e. The highest BCUT2D eigenvalue weighted by Gasteiger charge is 2.37. The van der Waals surface area contributed by atoms with Crippen molar-refractivity contribution in [3.63, 3.8) is 0 Å². The van der Waals surface area contributed by atoms with Crippen LogP contribution in [0.25, 0.3) is 11.4 Å². The zero-order chi connectivity index (χ0) is 29.3. The highest BCUT2D eigenvalue weighted by atomic mass is 32.2. The third-order valence-electron chi connectivity index (χ3n) is 7.35. The molecule has 1 atom stereocenters. The van der Waals surface area contributed by atoms with Gasteiger partial charge in [0.2, 0.25) is 0 Å². The van der Waals surface area contributed by atoms with Gasteiger partial charge in [-0.05, 0) is 51.8 Å². The summed E-state index contributed by atoms with van der Waals surface area (Å²) in [6.07, 6.45) is 13.7. The smallest absolute Gasteiger partial charge is 0.256 e. The fraction of sp³-hybridized carbons (Fsp3) is 0.414. The Bertz CT molecular complexity index is 1750. The van der Waals surface area contributed by atoms with Crippen molar-refractivity contribution in [2.24, 2.45) is 13.0 Å². The van der Waals surface area contributed by atoms with E-state index in [9.17, 15) is 8.42 Å². The standard InChI is InChI=1S/C29H34N10O2S/c1-36(2)17-22-5-4-12-38(19-22)26-13-28(31-15-23(26)7-6-21-14-32-37(3)18-21)34-27-10-11-30-29(35-27)24-16-33-39(20-24)42(40,41)25-8-9-25/h10-11,13-16,18,20,22,25H,4-5,8-9,12,17,19H2,1-3H3,(H,30,31,34,35)/t22-/m0/s1. The number of pyridine rings is 1. The average molecular weight is 587 g/mol. The number of nitrogens with zero attached hydrogens (tertiary/aromatic N) is 9. The van der Waals surface area contributed by atoms with Crippen LogP contribution in [-0.2, 0) is 17.1 Å². The summed E-state index contributed by atoms with van der Waals surface area (Å²) in [5.41, 5.74) is 3.24. The number of rotatable bonds is 8. The molecular weight excluding hydrogens is 552 g/mol. The first-order chi connectivity index (χ1) is 20.2. The minimum absolute atomic E-state index is 0.352. The first-order valence-corrected chi connectivity index (χ1v) is 15.5. The van der Waals surface area contributed by atoms with Gasteiger partial charge in [0, 0.05) is 51.3 Å². The lowest BCUT2D eigenvalue weighted by Gasteiger charge is -2.36. The van der Waals surface area contributed by atoms with Gasteiger partial charge in [-0.25, -0.2) is 23.4 Å². The molecule has 2 fully saturated rings. The summed E-state index contributed by atoms with van der Waals surface area (Å²) < 4.78 is 27.9. The second kappa shape index (κ2) is 11.5. The van der Waals surface area contributed by atoms with Gasteiger partial charge in [0.25, 0.3) is 10.0 Å². The van der Waals surface area contributed by atoms with E-state index in [2.05, 4.69) is 66.2 Å². The molecule has 0 spiro atoms. The van der Waals surface area contributed by atoms with Gasteiger partial charge >= 0.3 is 0 Å². The molecule has 6 rings (SSSR count). The summed E-state index contributed by atoms with van der Waals surface area (Å²) in [5.74, 6) is 8.64. The maximum absolute atomic E-state index is 12.6. The van der Waals surface area contributed by atoms with Crippen LogP contribution in [0.4, 0.5) is 17.3 Å². The molecule has 42 heavy (non-hydrogen) atoms. The fourth-order valence-corrected chi connectivity index (χ4v) is 6.70. The molecule has 0 radical (unpaired) electrons. The second-order valence-corrected chi connectivity index (χ2v) is 13.3. The SMILES string of the molecule is CN(C)C[C@@H]1CCCN(c2cc(Nc3ccnc(-c4cnn(S(=O)(=O)C5CC5)c4)n3)ncc2C#Cc2cnn(C)c2)C1. The lowest BCUT2D eigenvalue weighted by atomic mass is 9.96. The van der Waals surface area contributed by atoms with E-state index in [0.29, 0.717) is 41.8 Å². The Morgan fingerprint density at radius 1 is 1.05 bits per heavy atom. The Balaban J connectivity index is 1.27. The molecule has 0 unspecified atom stereocenters. The Morgan fingerprint density at radius 3 is 2.67 bits per heavy atom. The maximum atomic E-state index is 12.6. The summed E-state index contributed by atoms with van der Waals surface area (Å²) >= 11 is 0. The van der Waals surface area contributed by atoms with E-state index in [-0.39, 0.29) is 5.25 Å². The van der Waals surface area contributed by atoms with Gasteiger partial charge in [-0.15, -0.1) is 0 Å². The van der Waals surface area contributed by atoms with Gasteiger partial charge in [0.15, 0.2) is 5.82 Å². The summed E-state index contributed by atoms with van der Waals surface area (Å²) in [5, 5.41) is 11.2. The number of piperidine rings is 1. The molecule has 1 N–H and O–H groups in total. The fourth-order valence-electron chi connectivity index (χ4n) is 5.22. The summed E-state index contributed by atoms with van der Waals surface area (Å²) in [6.45, 7) is 2.92. The van der Waals surface area contributed by atoms with Crippen molar-refractivity contribution >= 4 is 27.3 Å². The van der Waals surface area contributed by atoms with Crippen LogP contribution in [0.15, 0.2) is 49.3 Å². The normalized spacial score (nSPS) is 17.2. The van der Waals surface area contributed by atoms with Crippen LogP contribution >= 0.6 is 0 Å². The second-order valence-electron chi connectivity index (χ2n) is 11.2. The van der Waals surface area contributed by atoms with Crippen LogP contribution in [0.2, 0.25) is 0 Å². The lowest BCUT2D eigenvalue weighted by molar-refractivity contribution is 0.292. The Labute approximate surface area is 245 Å². The van der Waals surface area contributed by atoms with Gasteiger partial charge in [0.05, 0.1) is 46.2 Å². The molecule has 0 amide bonds. The van der Waals surface area contributed by atoms with E-state index in [1.54, 1.807) is 29.3 Å². The molecule has 4 aromatic heterocycles. The van der Waals surface area contributed by atoms with Gasteiger partial charge < -0.3 is 15.1 Å². The zero-order valence-corrected chi connectivity index (χ0v) is 24.8. The lowest BCUT2D eigenvalue weighted by Crippen LogP contribution is -2.39. The number of anilines is 3. The summed E-state index contributed by atoms with van der Waals surface area (Å²) in [4.78, 5) is 18.3. The van der Waals surface area contributed by atoms with Crippen molar-refractivity contribution < 1.29 is 8.42 Å². The van der Waals surface area contributed by atoms with Crippen LogP contribution in [0, 0.1) is 17.8 Å². The number of nitrogens with one attached hydrogen (secondary N) is 1. The molecule has 4 aromatic rings. The van der Waals surface area contributed by atoms with E-state index in [4.69, 9.17) is 0 Å². The van der Waals surface area contributed by atoms with Gasteiger partial charge in [-0.3, -0.25) is 4.68 Å². The third kappa shape index (κ3) is 6.29. The van der Waals surface area contributed by atoms with E-state index in [1.807, 2.05) is 19.3 Å². The first-order valence-electron chi connectivity index (χ1n) is 14.0. The van der Waals surface area contributed by atoms with E-state index in [0.717, 1.165) is 47.0 Å². The molecule has 1 aliphatic heterocycles. The predicted molar refractivity (Wildman–Crippen MR) is 161 cm³/mol. The molecule has 13 heteroatoms. The molecule has 1 saturated heterocycles. The average Bonchev–Trinajstić information content (AvgIpc) is 3.57. The predicted octanol–water partition coefficient (Wildman–Crippen LogP) is 2.73. The largest absolute Gasteiger partial charge is 0.370 e. The van der Waals surface area contributed by atoms with Gasteiger partial charge in [-0.1, -0.05) is 11.8 Å². The quantitative estimate of drug-likeness (QED) is 0.308. The van der Waals surface area contributed by atoms with E-state index < -0.39 is 10.0 Å². The monoisotopic (exact) mass is 586 g/mol. The minimum atomic E-state index is -3.46. The Hall–Kier alpha value is -4.28. The van der Waals surface area contributed by atoms with Crippen LogP contribution in [-0.4, -0.2) is 86.2 Å². The molecule has 5 heterocycles. The number of aromatic nitrogens is 7. The van der Waals surface area contributed by atoms with Crippen LogP contribution in [0.5, 0.6) is 0 Å². The number of hydrogen-bond donors (Lipinski definition) is 1. The van der Waals surface area contributed by atoms with E-state index in [1.165, 1.54) is 18.8 Å². The topological polar surface area (TPSA) is 127 Å². The van der Waals surface area contributed by atoms with Gasteiger partial charge in [0.1, 0.15) is 11.6 Å². The van der Waals surface area contributed by atoms with Gasteiger partial charge in [-0.2, -0.15) is 14.3 Å². The Kier molecular flexibility index (Phi) is 7.66. The zero-order valence-electron chi connectivity index (χ0n) is 24.0. The molecule has 218 valence electrons.